The van der Waals surface area contributed by atoms with Gasteiger partial charge >= 0.3 is 12.1 Å². The average molecular weight is 356 g/mol. The maximum Gasteiger partial charge on any atom is 0.417 e. The van der Waals surface area contributed by atoms with Crippen molar-refractivity contribution in [2.75, 3.05) is 13.7 Å². The summed E-state index contributed by atoms with van der Waals surface area (Å²) >= 11 is 0.966. The van der Waals surface area contributed by atoms with Crippen LogP contribution < -0.4 is 4.74 Å². The molecule has 0 bridgehead atoms. The van der Waals surface area contributed by atoms with Crippen LogP contribution >= 0.6 is 11.8 Å². The Morgan fingerprint density at radius 3 is 2.33 bits per heavy atom. The standard InChI is InChI=1S/C17H15F3O3S/c1-3-23-16(21)11-4-7-13(8-5-11)24-15-9-6-12(22-2)10-14(15)17(18,19)20/h4-10H,3H2,1-2H3. The SMILES string of the molecule is CCOC(=O)c1ccc(Sc2ccc(OC)cc2C(F)(F)F)cc1. The summed E-state index contributed by atoms with van der Waals surface area (Å²) in [6.45, 7) is 1.96. The number of benzene rings is 2. The zero-order chi connectivity index (χ0) is 17.7. The molecular weight excluding hydrogens is 341 g/mol. The smallest absolute Gasteiger partial charge is 0.417 e. The first-order chi connectivity index (χ1) is 11.3. The van der Waals surface area contributed by atoms with E-state index in [0.29, 0.717) is 10.5 Å². The van der Waals surface area contributed by atoms with Gasteiger partial charge in [0, 0.05) is 9.79 Å². The highest BCUT2D eigenvalue weighted by molar-refractivity contribution is 7.99. The van der Waals surface area contributed by atoms with Gasteiger partial charge in [-0.2, -0.15) is 13.2 Å². The molecule has 2 rings (SSSR count). The fraction of sp³-hybridized carbons (Fsp3) is 0.235. The minimum atomic E-state index is -4.48. The summed E-state index contributed by atoms with van der Waals surface area (Å²) in [4.78, 5) is 12.2. The molecule has 0 amide bonds. The number of halogens is 3. The van der Waals surface area contributed by atoms with Crippen LogP contribution in [-0.2, 0) is 10.9 Å². The van der Waals surface area contributed by atoms with E-state index in [1.54, 1.807) is 19.1 Å². The topological polar surface area (TPSA) is 35.5 Å². The highest BCUT2D eigenvalue weighted by Crippen LogP contribution is 2.41. The zero-order valence-electron chi connectivity index (χ0n) is 13.0. The number of ether oxygens (including phenoxy) is 2. The second-order valence-electron chi connectivity index (χ2n) is 4.71. The molecule has 0 aromatic heterocycles. The molecule has 0 heterocycles. The van der Waals surface area contributed by atoms with Crippen LogP contribution in [0, 0.1) is 0 Å². The summed E-state index contributed by atoms with van der Waals surface area (Å²) < 4.78 is 49.3. The third kappa shape index (κ3) is 4.44. The molecule has 0 fully saturated rings. The summed E-state index contributed by atoms with van der Waals surface area (Å²) in [5.41, 5.74) is -0.409. The molecule has 0 saturated carbocycles. The highest BCUT2D eigenvalue weighted by atomic mass is 32.2. The maximum atomic E-state index is 13.2. The van der Waals surface area contributed by atoms with Crippen LogP contribution in [0.5, 0.6) is 5.75 Å². The summed E-state index contributed by atoms with van der Waals surface area (Å²) in [7, 11) is 1.32. The molecule has 0 unspecified atom stereocenters. The first-order valence-electron chi connectivity index (χ1n) is 7.05. The van der Waals surface area contributed by atoms with Gasteiger partial charge in [0.15, 0.2) is 0 Å². The first kappa shape index (κ1) is 18.2. The van der Waals surface area contributed by atoms with Crippen molar-refractivity contribution in [2.24, 2.45) is 0 Å². The number of rotatable bonds is 5. The number of hydrogen-bond acceptors (Lipinski definition) is 4. The second-order valence-corrected chi connectivity index (χ2v) is 5.82. The number of carbonyl (C=O) groups is 1. The Kier molecular flexibility index (Phi) is 5.77. The van der Waals surface area contributed by atoms with E-state index in [9.17, 15) is 18.0 Å². The molecule has 2 aromatic rings. The number of alkyl halides is 3. The summed E-state index contributed by atoms with van der Waals surface area (Å²) in [6.07, 6.45) is -4.48. The number of hydrogen-bond donors (Lipinski definition) is 0. The number of carbonyl (C=O) groups excluding carboxylic acids is 1. The van der Waals surface area contributed by atoms with E-state index >= 15 is 0 Å². The van der Waals surface area contributed by atoms with Gasteiger partial charge in [0.05, 0.1) is 24.8 Å². The molecule has 0 aliphatic rings. The minimum absolute atomic E-state index is 0.0622. The second kappa shape index (κ2) is 7.61. The Morgan fingerprint density at radius 1 is 1.12 bits per heavy atom. The minimum Gasteiger partial charge on any atom is -0.497 e. The summed E-state index contributed by atoms with van der Waals surface area (Å²) in [5.74, 6) is -0.321. The fourth-order valence-electron chi connectivity index (χ4n) is 1.95. The van der Waals surface area contributed by atoms with Crippen LogP contribution in [-0.4, -0.2) is 19.7 Å². The lowest BCUT2D eigenvalue weighted by atomic mass is 10.2. The van der Waals surface area contributed by atoms with Gasteiger partial charge in [-0.05, 0) is 49.4 Å². The molecule has 0 atom stereocenters. The van der Waals surface area contributed by atoms with E-state index in [2.05, 4.69) is 0 Å². The van der Waals surface area contributed by atoms with Crippen molar-refractivity contribution in [2.45, 2.75) is 22.9 Å². The van der Waals surface area contributed by atoms with Crippen molar-refractivity contribution < 1.29 is 27.4 Å². The predicted molar refractivity (Wildman–Crippen MR) is 84.5 cm³/mol. The molecule has 0 radical (unpaired) electrons. The van der Waals surface area contributed by atoms with E-state index in [1.807, 2.05) is 0 Å². The van der Waals surface area contributed by atoms with E-state index in [0.717, 1.165) is 17.8 Å². The fourth-order valence-corrected chi connectivity index (χ4v) is 2.89. The van der Waals surface area contributed by atoms with Crippen molar-refractivity contribution >= 4 is 17.7 Å². The third-order valence-electron chi connectivity index (χ3n) is 3.09. The quantitative estimate of drug-likeness (QED) is 0.703. The zero-order valence-corrected chi connectivity index (χ0v) is 13.8. The van der Waals surface area contributed by atoms with Crippen LogP contribution in [0.3, 0.4) is 0 Å². The van der Waals surface area contributed by atoms with Gasteiger partial charge in [0.2, 0.25) is 0 Å². The molecule has 2 aromatic carbocycles. The average Bonchev–Trinajstić information content (AvgIpc) is 2.55. The molecule has 24 heavy (non-hydrogen) atoms. The van der Waals surface area contributed by atoms with Crippen molar-refractivity contribution in [3.8, 4) is 5.75 Å². The van der Waals surface area contributed by atoms with Crippen molar-refractivity contribution in [3.05, 3.63) is 53.6 Å². The Balaban J connectivity index is 2.26. The van der Waals surface area contributed by atoms with E-state index in [4.69, 9.17) is 9.47 Å². The van der Waals surface area contributed by atoms with E-state index < -0.39 is 17.7 Å². The summed E-state index contributed by atoms with van der Waals surface area (Å²) in [5, 5.41) is 0. The third-order valence-corrected chi connectivity index (χ3v) is 4.17. The first-order valence-corrected chi connectivity index (χ1v) is 7.87. The van der Waals surface area contributed by atoms with Gasteiger partial charge in [0.1, 0.15) is 5.75 Å². The lowest BCUT2D eigenvalue weighted by molar-refractivity contribution is -0.139. The van der Waals surface area contributed by atoms with Crippen molar-refractivity contribution in [3.63, 3.8) is 0 Å². The van der Waals surface area contributed by atoms with Crippen LogP contribution in [0.1, 0.15) is 22.8 Å². The normalized spacial score (nSPS) is 11.2. The van der Waals surface area contributed by atoms with Gasteiger partial charge < -0.3 is 9.47 Å². The van der Waals surface area contributed by atoms with Crippen molar-refractivity contribution in [1.82, 2.24) is 0 Å². The van der Waals surface area contributed by atoms with Gasteiger partial charge in [0.25, 0.3) is 0 Å². The molecule has 0 aliphatic carbocycles. The van der Waals surface area contributed by atoms with Gasteiger partial charge in [-0.1, -0.05) is 11.8 Å². The summed E-state index contributed by atoms with van der Waals surface area (Å²) in [6, 6.07) is 10.0. The molecule has 0 spiro atoms. The lowest BCUT2D eigenvalue weighted by Crippen LogP contribution is -2.07. The number of esters is 1. The molecular formula is C17H15F3O3S. The van der Waals surface area contributed by atoms with Crippen LogP contribution in [0.4, 0.5) is 13.2 Å². The monoisotopic (exact) mass is 356 g/mol. The largest absolute Gasteiger partial charge is 0.497 e. The van der Waals surface area contributed by atoms with E-state index in [1.165, 1.54) is 31.4 Å². The molecule has 0 saturated heterocycles. The molecule has 0 N–H and O–H groups in total. The Bertz CT molecular complexity index is 712. The highest BCUT2D eigenvalue weighted by Gasteiger charge is 2.34. The van der Waals surface area contributed by atoms with Crippen molar-refractivity contribution in [1.29, 1.82) is 0 Å². The Labute approximate surface area is 141 Å². The number of methoxy groups -OCH3 is 1. The van der Waals surface area contributed by atoms with E-state index in [-0.39, 0.29) is 17.3 Å². The van der Waals surface area contributed by atoms with Gasteiger partial charge in [-0.15, -0.1) is 0 Å². The van der Waals surface area contributed by atoms with Crippen LogP contribution in [0.25, 0.3) is 0 Å². The molecule has 7 heteroatoms. The predicted octanol–water partition coefficient (Wildman–Crippen LogP) is 5.04. The lowest BCUT2D eigenvalue weighted by Gasteiger charge is -2.14. The van der Waals surface area contributed by atoms with Gasteiger partial charge in [-0.3, -0.25) is 0 Å². The molecule has 128 valence electrons. The van der Waals surface area contributed by atoms with Gasteiger partial charge in [-0.25, -0.2) is 4.79 Å². The molecule has 3 nitrogen and oxygen atoms in total. The Morgan fingerprint density at radius 2 is 1.79 bits per heavy atom. The van der Waals surface area contributed by atoms with Crippen LogP contribution in [0.2, 0.25) is 0 Å². The maximum absolute atomic E-state index is 13.2. The molecule has 0 aliphatic heterocycles. The van der Waals surface area contributed by atoms with Crippen LogP contribution in [0.15, 0.2) is 52.3 Å². The Hall–Kier alpha value is -2.15.